The fourth-order valence-corrected chi connectivity index (χ4v) is 3.25. The van der Waals surface area contributed by atoms with E-state index in [0.717, 1.165) is 23.3 Å². The second kappa shape index (κ2) is 11.4. The summed E-state index contributed by atoms with van der Waals surface area (Å²) in [5.74, 6) is 0.591. The first-order valence-electron chi connectivity index (χ1n) is 10.6. The molecule has 0 aliphatic heterocycles. The van der Waals surface area contributed by atoms with Crippen LogP contribution in [-0.4, -0.2) is 35.9 Å². The van der Waals surface area contributed by atoms with Crippen molar-refractivity contribution in [1.29, 1.82) is 0 Å². The topological polar surface area (TPSA) is 58.6 Å². The highest BCUT2D eigenvalue weighted by molar-refractivity contribution is 5.87. The van der Waals surface area contributed by atoms with Gasteiger partial charge in [0.1, 0.15) is 11.8 Å². The predicted octanol–water partition coefficient (Wildman–Crippen LogP) is 4.13. The zero-order valence-electron chi connectivity index (χ0n) is 18.8. The number of methoxy groups -OCH3 is 1. The standard InChI is InChI=1S/C25H34N2O3/c1-6-20-7-9-21(10-8-20)13-16-24(28)27(19(4)25(29)26-18(2)3)17-22-11-14-23(30-5)15-12-22/h7-12,14-15,18-19H,6,13,16-17H2,1-5H3,(H,26,29). The van der Waals surface area contributed by atoms with Crippen LogP contribution in [0.5, 0.6) is 5.75 Å². The van der Waals surface area contributed by atoms with E-state index in [1.54, 1.807) is 18.9 Å². The summed E-state index contributed by atoms with van der Waals surface area (Å²) in [5.41, 5.74) is 3.37. The van der Waals surface area contributed by atoms with Crippen LogP contribution < -0.4 is 10.1 Å². The lowest BCUT2D eigenvalue weighted by Crippen LogP contribution is -2.49. The largest absolute Gasteiger partial charge is 0.497 e. The quantitative estimate of drug-likeness (QED) is 0.641. The molecule has 0 aliphatic rings. The zero-order chi connectivity index (χ0) is 22.1. The van der Waals surface area contributed by atoms with Crippen LogP contribution >= 0.6 is 0 Å². The van der Waals surface area contributed by atoms with Gasteiger partial charge in [-0.3, -0.25) is 9.59 Å². The van der Waals surface area contributed by atoms with Gasteiger partial charge < -0.3 is 15.0 Å². The van der Waals surface area contributed by atoms with E-state index in [0.29, 0.717) is 19.4 Å². The molecule has 2 aromatic rings. The molecule has 2 rings (SSSR count). The molecule has 30 heavy (non-hydrogen) atoms. The van der Waals surface area contributed by atoms with Crippen LogP contribution in [-0.2, 0) is 29.0 Å². The minimum Gasteiger partial charge on any atom is -0.497 e. The first-order valence-corrected chi connectivity index (χ1v) is 10.6. The Kier molecular flexibility index (Phi) is 8.90. The molecular weight excluding hydrogens is 376 g/mol. The van der Waals surface area contributed by atoms with Crippen LogP contribution in [0.4, 0.5) is 0 Å². The summed E-state index contributed by atoms with van der Waals surface area (Å²) in [6.45, 7) is 8.12. The third-order valence-electron chi connectivity index (χ3n) is 5.17. The van der Waals surface area contributed by atoms with E-state index in [2.05, 4.69) is 36.5 Å². The summed E-state index contributed by atoms with van der Waals surface area (Å²) < 4.78 is 5.21. The van der Waals surface area contributed by atoms with Gasteiger partial charge in [-0.25, -0.2) is 0 Å². The Labute approximate surface area is 180 Å². The number of hydrogen-bond acceptors (Lipinski definition) is 3. The van der Waals surface area contributed by atoms with Gasteiger partial charge in [-0.15, -0.1) is 0 Å². The van der Waals surface area contributed by atoms with Crippen molar-refractivity contribution in [3.05, 3.63) is 65.2 Å². The Hall–Kier alpha value is -2.82. The molecule has 0 aliphatic carbocycles. The number of amides is 2. The lowest BCUT2D eigenvalue weighted by atomic mass is 10.0. The number of hydrogen-bond donors (Lipinski definition) is 1. The van der Waals surface area contributed by atoms with Crippen molar-refractivity contribution >= 4 is 11.8 Å². The fraction of sp³-hybridized carbons (Fsp3) is 0.440. The molecule has 0 saturated carbocycles. The molecule has 162 valence electrons. The molecule has 0 radical (unpaired) electrons. The Morgan fingerprint density at radius 3 is 2.03 bits per heavy atom. The molecule has 1 N–H and O–H groups in total. The number of ether oxygens (including phenoxy) is 1. The van der Waals surface area contributed by atoms with E-state index < -0.39 is 6.04 Å². The van der Waals surface area contributed by atoms with E-state index in [-0.39, 0.29) is 17.9 Å². The summed E-state index contributed by atoms with van der Waals surface area (Å²) in [4.78, 5) is 27.4. The van der Waals surface area contributed by atoms with Crippen LogP contribution in [0.25, 0.3) is 0 Å². The monoisotopic (exact) mass is 410 g/mol. The molecule has 2 aromatic carbocycles. The highest BCUT2D eigenvalue weighted by atomic mass is 16.5. The molecule has 5 heteroatoms. The zero-order valence-corrected chi connectivity index (χ0v) is 18.8. The van der Waals surface area contributed by atoms with E-state index in [9.17, 15) is 9.59 Å². The van der Waals surface area contributed by atoms with Crippen molar-refractivity contribution in [3.63, 3.8) is 0 Å². The summed E-state index contributed by atoms with van der Waals surface area (Å²) in [5, 5.41) is 2.92. The number of rotatable bonds is 10. The van der Waals surface area contributed by atoms with Crippen molar-refractivity contribution < 1.29 is 14.3 Å². The molecule has 0 aromatic heterocycles. The smallest absolute Gasteiger partial charge is 0.242 e. The first-order chi connectivity index (χ1) is 14.3. The second-order valence-corrected chi connectivity index (χ2v) is 7.88. The average Bonchev–Trinajstić information content (AvgIpc) is 2.75. The summed E-state index contributed by atoms with van der Waals surface area (Å²) >= 11 is 0. The van der Waals surface area contributed by atoms with Gasteiger partial charge in [0.05, 0.1) is 7.11 Å². The maximum absolute atomic E-state index is 13.1. The van der Waals surface area contributed by atoms with E-state index in [1.165, 1.54) is 5.56 Å². The molecule has 1 unspecified atom stereocenters. The Bertz CT molecular complexity index is 813. The van der Waals surface area contributed by atoms with Crippen molar-refractivity contribution in [2.24, 2.45) is 0 Å². The summed E-state index contributed by atoms with van der Waals surface area (Å²) in [7, 11) is 1.62. The molecule has 2 amide bonds. The molecule has 0 saturated heterocycles. The maximum Gasteiger partial charge on any atom is 0.242 e. The van der Waals surface area contributed by atoms with E-state index >= 15 is 0 Å². The number of nitrogens with zero attached hydrogens (tertiary/aromatic N) is 1. The number of nitrogens with one attached hydrogen (secondary N) is 1. The molecule has 5 nitrogen and oxygen atoms in total. The Balaban J connectivity index is 2.12. The van der Waals surface area contributed by atoms with Gasteiger partial charge in [0.25, 0.3) is 0 Å². The van der Waals surface area contributed by atoms with Gasteiger partial charge in [0.15, 0.2) is 0 Å². The van der Waals surface area contributed by atoms with E-state index in [1.807, 2.05) is 38.1 Å². The molecule has 1 atom stereocenters. The number of carbonyl (C=O) groups excluding carboxylic acids is 2. The van der Waals surface area contributed by atoms with Crippen molar-refractivity contribution in [2.45, 2.75) is 65.6 Å². The van der Waals surface area contributed by atoms with Gasteiger partial charge in [-0.2, -0.15) is 0 Å². The molecule has 0 heterocycles. The van der Waals surface area contributed by atoms with Gasteiger partial charge in [-0.05, 0) is 62.4 Å². The van der Waals surface area contributed by atoms with Crippen LogP contribution in [0.15, 0.2) is 48.5 Å². The third kappa shape index (κ3) is 6.90. The number of carbonyl (C=O) groups is 2. The Morgan fingerprint density at radius 2 is 1.50 bits per heavy atom. The average molecular weight is 411 g/mol. The fourth-order valence-electron chi connectivity index (χ4n) is 3.25. The highest BCUT2D eigenvalue weighted by Gasteiger charge is 2.26. The first kappa shape index (κ1) is 23.5. The lowest BCUT2D eigenvalue weighted by molar-refractivity contribution is -0.140. The van der Waals surface area contributed by atoms with Crippen LogP contribution in [0.2, 0.25) is 0 Å². The van der Waals surface area contributed by atoms with E-state index in [4.69, 9.17) is 4.74 Å². The van der Waals surface area contributed by atoms with Crippen LogP contribution in [0.3, 0.4) is 0 Å². The second-order valence-electron chi connectivity index (χ2n) is 7.88. The molecule has 0 bridgehead atoms. The summed E-state index contributed by atoms with van der Waals surface area (Å²) in [6, 6.07) is 15.4. The van der Waals surface area contributed by atoms with Crippen molar-refractivity contribution in [2.75, 3.05) is 7.11 Å². The maximum atomic E-state index is 13.1. The molecular formula is C25H34N2O3. The lowest BCUT2D eigenvalue weighted by Gasteiger charge is -2.29. The molecule has 0 spiro atoms. The SMILES string of the molecule is CCc1ccc(CCC(=O)N(Cc2ccc(OC)cc2)C(C)C(=O)NC(C)C)cc1. The van der Waals surface area contributed by atoms with Crippen LogP contribution in [0, 0.1) is 0 Å². The van der Waals surface area contributed by atoms with Gasteiger partial charge in [0, 0.05) is 19.0 Å². The summed E-state index contributed by atoms with van der Waals surface area (Å²) in [6.07, 6.45) is 2.01. The third-order valence-corrected chi connectivity index (χ3v) is 5.17. The minimum atomic E-state index is -0.551. The van der Waals surface area contributed by atoms with Crippen molar-refractivity contribution in [3.8, 4) is 5.75 Å². The van der Waals surface area contributed by atoms with Crippen molar-refractivity contribution in [1.82, 2.24) is 10.2 Å². The minimum absolute atomic E-state index is 0.0231. The van der Waals surface area contributed by atoms with Gasteiger partial charge in [-0.1, -0.05) is 43.3 Å². The normalized spacial score (nSPS) is 11.8. The molecule has 0 fully saturated rings. The highest BCUT2D eigenvalue weighted by Crippen LogP contribution is 2.17. The number of aryl methyl sites for hydroxylation is 2. The van der Waals surface area contributed by atoms with Crippen LogP contribution in [0.1, 0.15) is 50.8 Å². The van der Waals surface area contributed by atoms with Gasteiger partial charge >= 0.3 is 0 Å². The van der Waals surface area contributed by atoms with Gasteiger partial charge in [0.2, 0.25) is 11.8 Å². The Morgan fingerprint density at radius 1 is 0.933 bits per heavy atom. The predicted molar refractivity (Wildman–Crippen MR) is 120 cm³/mol. The number of benzene rings is 2.